The highest BCUT2D eigenvalue weighted by Gasteiger charge is 2.39. The third-order valence-electron chi connectivity index (χ3n) is 4.49. The zero-order valence-corrected chi connectivity index (χ0v) is 8.17. The molecule has 4 unspecified atom stereocenters. The molecule has 0 amide bonds. The maximum Gasteiger partial charge on any atom is 0.136 e. The van der Waals surface area contributed by atoms with Crippen LogP contribution in [0.25, 0.3) is 0 Å². The van der Waals surface area contributed by atoms with E-state index in [1.165, 1.54) is 38.5 Å². The number of Topliss-reactive ketones (excluding diaryl/α,β-unsaturated/α-hetero) is 1. The van der Waals surface area contributed by atoms with Crippen molar-refractivity contribution in [2.45, 2.75) is 44.9 Å². The molecule has 0 N–H and O–H groups in total. The molecule has 1 heteroatoms. The van der Waals surface area contributed by atoms with Crippen LogP contribution in [-0.4, -0.2) is 5.78 Å². The molecule has 0 aromatic heterocycles. The fraction of sp³-hybridized carbons (Fsp3) is 0.917. The summed E-state index contributed by atoms with van der Waals surface area (Å²) in [5.74, 6) is 3.76. The standard InChI is InChI=1S/C12H18O/c13-12-7-10-4-8-1-2-11(12)6-9(3-8)5-10/h8-11H,1-7H2. The molecule has 3 fully saturated rings. The molecule has 0 aromatic rings. The van der Waals surface area contributed by atoms with E-state index < -0.39 is 0 Å². The Balaban J connectivity index is 1.93. The second-order valence-electron chi connectivity index (χ2n) is 5.49. The monoisotopic (exact) mass is 178 g/mol. The number of rotatable bonds is 0. The van der Waals surface area contributed by atoms with Gasteiger partial charge in [0.15, 0.2) is 0 Å². The maximum absolute atomic E-state index is 11.8. The Morgan fingerprint density at radius 3 is 2.54 bits per heavy atom. The van der Waals surface area contributed by atoms with Crippen molar-refractivity contribution in [2.75, 3.05) is 0 Å². The van der Waals surface area contributed by atoms with Crippen LogP contribution in [0.15, 0.2) is 0 Å². The fourth-order valence-electron chi connectivity index (χ4n) is 4.00. The Kier molecular flexibility index (Phi) is 1.75. The minimum absolute atomic E-state index is 0.472. The van der Waals surface area contributed by atoms with Crippen molar-refractivity contribution in [3.05, 3.63) is 0 Å². The smallest absolute Gasteiger partial charge is 0.136 e. The fourth-order valence-corrected chi connectivity index (χ4v) is 4.00. The first kappa shape index (κ1) is 8.02. The number of hydrogen-bond acceptors (Lipinski definition) is 1. The second kappa shape index (κ2) is 2.83. The van der Waals surface area contributed by atoms with Gasteiger partial charge in [-0.2, -0.15) is 0 Å². The normalized spacial score (nSPS) is 49.1. The lowest BCUT2D eigenvalue weighted by molar-refractivity contribution is -0.124. The largest absolute Gasteiger partial charge is 0.299 e. The van der Waals surface area contributed by atoms with Crippen molar-refractivity contribution in [3.63, 3.8) is 0 Å². The summed E-state index contributed by atoms with van der Waals surface area (Å²) in [5.41, 5.74) is 0. The van der Waals surface area contributed by atoms with Gasteiger partial charge in [-0.3, -0.25) is 4.79 Å². The van der Waals surface area contributed by atoms with Gasteiger partial charge in [-0.1, -0.05) is 0 Å². The zero-order valence-electron chi connectivity index (χ0n) is 8.17. The molecule has 0 aliphatic heterocycles. The molecule has 0 heterocycles. The molecule has 13 heavy (non-hydrogen) atoms. The van der Waals surface area contributed by atoms with Gasteiger partial charge in [0.25, 0.3) is 0 Å². The Labute approximate surface area is 79.9 Å². The molecule has 4 atom stereocenters. The number of carbonyl (C=O) groups excluding carboxylic acids is 1. The van der Waals surface area contributed by atoms with Crippen molar-refractivity contribution >= 4 is 5.78 Å². The highest BCUT2D eigenvalue weighted by molar-refractivity contribution is 5.81. The second-order valence-corrected chi connectivity index (χ2v) is 5.49. The summed E-state index contributed by atoms with van der Waals surface area (Å²) in [5, 5.41) is 0. The van der Waals surface area contributed by atoms with Crippen molar-refractivity contribution in [1.82, 2.24) is 0 Å². The van der Waals surface area contributed by atoms with Crippen molar-refractivity contribution in [3.8, 4) is 0 Å². The SMILES string of the molecule is O=C1CC2CC3CCC1CC(C3)C2. The van der Waals surface area contributed by atoms with Crippen LogP contribution in [0.5, 0.6) is 0 Å². The van der Waals surface area contributed by atoms with Crippen LogP contribution in [0.3, 0.4) is 0 Å². The average Bonchev–Trinajstić information content (AvgIpc) is 2.29. The van der Waals surface area contributed by atoms with Crippen molar-refractivity contribution in [2.24, 2.45) is 23.7 Å². The van der Waals surface area contributed by atoms with Crippen LogP contribution in [0, 0.1) is 23.7 Å². The van der Waals surface area contributed by atoms with E-state index in [0.717, 1.165) is 24.2 Å². The van der Waals surface area contributed by atoms with Gasteiger partial charge in [0, 0.05) is 12.3 Å². The summed E-state index contributed by atoms with van der Waals surface area (Å²) in [6.45, 7) is 0. The number of ketones is 1. The van der Waals surface area contributed by atoms with Crippen LogP contribution < -0.4 is 0 Å². The molecule has 3 saturated carbocycles. The first-order valence-electron chi connectivity index (χ1n) is 5.84. The maximum atomic E-state index is 11.8. The third kappa shape index (κ3) is 1.33. The van der Waals surface area contributed by atoms with E-state index in [4.69, 9.17) is 0 Å². The van der Waals surface area contributed by atoms with Crippen LogP contribution in [0.1, 0.15) is 44.9 Å². The minimum Gasteiger partial charge on any atom is -0.299 e. The molecule has 1 nitrogen and oxygen atoms in total. The number of carbonyl (C=O) groups is 1. The van der Waals surface area contributed by atoms with Gasteiger partial charge < -0.3 is 0 Å². The minimum atomic E-state index is 0.472. The molecular formula is C12H18O. The molecule has 3 aliphatic rings. The predicted molar refractivity (Wildman–Crippen MR) is 51.3 cm³/mol. The summed E-state index contributed by atoms with van der Waals surface area (Å²) in [7, 11) is 0. The molecular weight excluding hydrogens is 160 g/mol. The molecule has 0 radical (unpaired) electrons. The van der Waals surface area contributed by atoms with Crippen LogP contribution >= 0.6 is 0 Å². The van der Waals surface area contributed by atoms with Crippen molar-refractivity contribution in [1.29, 1.82) is 0 Å². The van der Waals surface area contributed by atoms with E-state index >= 15 is 0 Å². The molecule has 0 spiro atoms. The van der Waals surface area contributed by atoms with Crippen LogP contribution in [0.4, 0.5) is 0 Å². The number of hydrogen-bond donors (Lipinski definition) is 0. The predicted octanol–water partition coefficient (Wildman–Crippen LogP) is 2.79. The summed E-state index contributed by atoms with van der Waals surface area (Å²) >= 11 is 0. The molecule has 3 aliphatic carbocycles. The Morgan fingerprint density at radius 2 is 1.62 bits per heavy atom. The van der Waals surface area contributed by atoms with Crippen LogP contribution in [-0.2, 0) is 4.79 Å². The van der Waals surface area contributed by atoms with E-state index in [2.05, 4.69) is 0 Å². The first-order valence-corrected chi connectivity index (χ1v) is 5.84. The zero-order chi connectivity index (χ0) is 8.84. The lowest BCUT2D eigenvalue weighted by atomic mass is 9.74. The lowest BCUT2D eigenvalue weighted by Gasteiger charge is -2.31. The van der Waals surface area contributed by atoms with E-state index in [-0.39, 0.29) is 0 Å². The average molecular weight is 178 g/mol. The van der Waals surface area contributed by atoms with E-state index in [0.29, 0.717) is 11.7 Å². The van der Waals surface area contributed by atoms with E-state index in [1.54, 1.807) is 0 Å². The molecule has 0 aromatic carbocycles. The van der Waals surface area contributed by atoms with Gasteiger partial charge in [-0.25, -0.2) is 0 Å². The molecule has 72 valence electrons. The van der Waals surface area contributed by atoms with Gasteiger partial charge >= 0.3 is 0 Å². The van der Waals surface area contributed by atoms with E-state index in [1.807, 2.05) is 0 Å². The van der Waals surface area contributed by atoms with Gasteiger partial charge in [0.2, 0.25) is 0 Å². The topological polar surface area (TPSA) is 17.1 Å². The Hall–Kier alpha value is -0.330. The molecule has 3 rings (SSSR count). The molecule has 0 saturated heterocycles. The van der Waals surface area contributed by atoms with Gasteiger partial charge in [-0.15, -0.1) is 0 Å². The summed E-state index contributed by atoms with van der Waals surface area (Å²) in [4.78, 5) is 11.8. The Morgan fingerprint density at radius 1 is 0.846 bits per heavy atom. The summed E-state index contributed by atoms with van der Waals surface area (Å²) < 4.78 is 0. The number of fused-ring (bicyclic) bond motifs is 3. The van der Waals surface area contributed by atoms with Gasteiger partial charge in [0.05, 0.1) is 0 Å². The van der Waals surface area contributed by atoms with Gasteiger partial charge in [0.1, 0.15) is 5.78 Å². The third-order valence-corrected chi connectivity index (χ3v) is 4.49. The highest BCUT2D eigenvalue weighted by Crippen LogP contribution is 2.47. The van der Waals surface area contributed by atoms with Crippen molar-refractivity contribution < 1.29 is 4.79 Å². The molecule has 4 bridgehead atoms. The lowest BCUT2D eigenvalue weighted by Crippen LogP contribution is -2.22. The van der Waals surface area contributed by atoms with Gasteiger partial charge in [-0.05, 0) is 56.3 Å². The summed E-state index contributed by atoms with van der Waals surface area (Å²) in [6.07, 6.45) is 8.92. The van der Waals surface area contributed by atoms with E-state index in [9.17, 15) is 4.79 Å². The highest BCUT2D eigenvalue weighted by atomic mass is 16.1. The first-order chi connectivity index (χ1) is 6.31. The Bertz CT molecular complexity index is 231. The summed E-state index contributed by atoms with van der Waals surface area (Å²) in [6, 6.07) is 0. The van der Waals surface area contributed by atoms with Crippen LogP contribution in [0.2, 0.25) is 0 Å². The quantitative estimate of drug-likeness (QED) is 0.557.